The molecule has 0 radical (unpaired) electrons. The maximum atomic E-state index is 12.1. The fourth-order valence-corrected chi connectivity index (χ4v) is 2.66. The molecule has 1 aliphatic rings. The maximum Gasteiger partial charge on any atom is 0.351 e. The summed E-state index contributed by atoms with van der Waals surface area (Å²) in [4.78, 5) is 30.3. The quantitative estimate of drug-likeness (QED) is 0.376. The predicted molar refractivity (Wildman–Crippen MR) is 91.6 cm³/mol. The lowest BCUT2D eigenvalue weighted by Gasteiger charge is -2.15. The number of hydrogen-bond acceptors (Lipinski definition) is 7. The Morgan fingerprint density at radius 2 is 2.31 bits per heavy atom. The van der Waals surface area contributed by atoms with Crippen molar-refractivity contribution in [3.63, 3.8) is 0 Å². The highest BCUT2D eigenvalue weighted by Gasteiger charge is 2.28. The first-order chi connectivity index (χ1) is 12.6. The van der Waals surface area contributed by atoms with E-state index in [1.165, 1.54) is 22.9 Å². The number of esters is 1. The molecule has 1 aromatic carbocycles. The van der Waals surface area contributed by atoms with Crippen LogP contribution in [0.25, 0.3) is 10.4 Å². The van der Waals surface area contributed by atoms with Gasteiger partial charge in [0.15, 0.2) is 0 Å². The number of ether oxygens (including phenoxy) is 2. The van der Waals surface area contributed by atoms with Crippen molar-refractivity contribution in [3.8, 4) is 0 Å². The molecule has 0 unspecified atom stereocenters. The third-order valence-corrected chi connectivity index (χ3v) is 3.89. The molecule has 0 bridgehead atoms. The smallest absolute Gasteiger partial charge is 0.351 e. The fraction of sp³-hybridized carbons (Fsp3) is 0.312. The van der Waals surface area contributed by atoms with Gasteiger partial charge >= 0.3 is 11.7 Å². The van der Waals surface area contributed by atoms with E-state index in [-0.39, 0.29) is 24.1 Å². The summed E-state index contributed by atoms with van der Waals surface area (Å²) in [6.07, 6.45) is 1.97. The van der Waals surface area contributed by atoms with Gasteiger partial charge in [-0.15, -0.1) is 0 Å². The summed E-state index contributed by atoms with van der Waals surface area (Å²) in [5.74, 6) is -0.393. The second-order valence-corrected chi connectivity index (χ2v) is 5.67. The molecule has 26 heavy (non-hydrogen) atoms. The summed E-state index contributed by atoms with van der Waals surface area (Å²) in [6.45, 7) is 0.0538. The van der Waals surface area contributed by atoms with Crippen molar-refractivity contribution in [2.45, 2.75) is 25.2 Å². The summed E-state index contributed by atoms with van der Waals surface area (Å²) in [5, 5.41) is 3.45. The van der Waals surface area contributed by atoms with Gasteiger partial charge in [-0.3, -0.25) is 4.57 Å². The zero-order chi connectivity index (χ0) is 18.5. The highest BCUT2D eigenvalue weighted by Crippen LogP contribution is 2.27. The van der Waals surface area contributed by atoms with Crippen LogP contribution in [-0.2, 0) is 9.47 Å². The Balaban J connectivity index is 1.57. The molecule has 2 heterocycles. The van der Waals surface area contributed by atoms with E-state index in [1.54, 1.807) is 18.2 Å². The number of nitrogen functional groups attached to an aromatic ring is 1. The van der Waals surface area contributed by atoms with Gasteiger partial charge in [0.1, 0.15) is 18.7 Å². The molecule has 0 saturated carbocycles. The van der Waals surface area contributed by atoms with Crippen molar-refractivity contribution in [2.75, 3.05) is 12.3 Å². The second kappa shape index (κ2) is 7.68. The van der Waals surface area contributed by atoms with Crippen molar-refractivity contribution in [1.29, 1.82) is 0 Å². The lowest BCUT2D eigenvalue weighted by molar-refractivity contribution is -0.0339. The van der Waals surface area contributed by atoms with Gasteiger partial charge < -0.3 is 15.2 Å². The summed E-state index contributed by atoms with van der Waals surface area (Å²) >= 11 is 0. The fourth-order valence-electron chi connectivity index (χ4n) is 2.66. The number of anilines is 1. The molecule has 1 aliphatic heterocycles. The number of nitrogens with two attached hydrogens (primary N) is 1. The largest absolute Gasteiger partial charge is 0.459 e. The standard InChI is InChI=1S/C16H16N6O4/c17-13-6-7-22(16(24)19-13)14-5-4-12(26-14)9-25-15(23)10-2-1-3-11(8-10)20-21-18/h1-3,6-8,12,14H,4-5,9H2,(H2,17,19,24)/t12-,14+/m0/s1. The van der Waals surface area contributed by atoms with Gasteiger partial charge in [-0.1, -0.05) is 17.2 Å². The first-order valence-corrected chi connectivity index (χ1v) is 7.89. The Bertz CT molecular complexity index is 921. The van der Waals surface area contributed by atoms with Crippen molar-refractivity contribution in [3.05, 3.63) is 63.0 Å². The highest BCUT2D eigenvalue weighted by molar-refractivity contribution is 5.90. The van der Waals surface area contributed by atoms with Gasteiger partial charge in [0, 0.05) is 16.8 Å². The van der Waals surface area contributed by atoms with Crippen molar-refractivity contribution >= 4 is 17.5 Å². The molecule has 0 aliphatic carbocycles. The number of hydrogen-bond donors (Lipinski definition) is 1. The minimum atomic E-state index is -0.543. The molecule has 0 amide bonds. The Morgan fingerprint density at radius 1 is 1.46 bits per heavy atom. The number of nitrogens with zero attached hydrogens (tertiary/aromatic N) is 5. The third kappa shape index (κ3) is 4.00. The summed E-state index contributed by atoms with van der Waals surface area (Å²) < 4.78 is 12.4. The van der Waals surface area contributed by atoms with Crippen molar-refractivity contribution < 1.29 is 14.3 Å². The van der Waals surface area contributed by atoms with Crippen LogP contribution in [0.3, 0.4) is 0 Å². The van der Waals surface area contributed by atoms with Gasteiger partial charge in [0.25, 0.3) is 0 Å². The van der Waals surface area contributed by atoms with E-state index < -0.39 is 17.9 Å². The highest BCUT2D eigenvalue weighted by atomic mass is 16.6. The minimum Gasteiger partial charge on any atom is -0.459 e. The average molecular weight is 356 g/mol. The Hall–Kier alpha value is -3.36. The van der Waals surface area contributed by atoms with E-state index in [0.29, 0.717) is 18.5 Å². The number of azide groups is 1. The Labute approximate surface area is 147 Å². The van der Waals surface area contributed by atoms with Crippen LogP contribution in [0.5, 0.6) is 0 Å². The zero-order valence-corrected chi connectivity index (χ0v) is 13.7. The third-order valence-electron chi connectivity index (χ3n) is 3.89. The molecule has 1 aromatic heterocycles. The molecule has 10 heteroatoms. The van der Waals surface area contributed by atoms with E-state index >= 15 is 0 Å². The van der Waals surface area contributed by atoms with Crippen LogP contribution in [0.15, 0.2) is 46.4 Å². The van der Waals surface area contributed by atoms with E-state index in [4.69, 9.17) is 20.7 Å². The van der Waals surface area contributed by atoms with Gasteiger partial charge in [0.2, 0.25) is 0 Å². The van der Waals surface area contributed by atoms with Crippen LogP contribution in [0, 0.1) is 0 Å². The summed E-state index contributed by atoms with van der Waals surface area (Å²) in [7, 11) is 0. The summed E-state index contributed by atoms with van der Waals surface area (Å²) in [5.41, 5.74) is 14.0. The van der Waals surface area contributed by atoms with Gasteiger partial charge in [0.05, 0.1) is 11.7 Å². The molecule has 2 N–H and O–H groups in total. The normalized spacial score (nSPS) is 18.9. The monoisotopic (exact) mass is 356 g/mol. The molecular weight excluding hydrogens is 340 g/mol. The molecule has 2 atom stereocenters. The Morgan fingerprint density at radius 3 is 3.08 bits per heavy atom. The van der Waals surface area contributed by atoms with Crippen LogP contribution < -0.4 is 11.4 Å². The van der Waals surface area contributed by atoms with Crippen LogP contribution in [0.2, 0.25) is 0 Å². The van der Waals surface area contributed by atoms with E-state index in [0.717, 1.165) is 0 Å². The number of carbonyl (C=O) groups is 1. The first kappa shape index (κ1) is 17.5. The number of aromatic nitrogens is 2. The molecule has 3 rings (SSSR count). The Kier molecular flexibility index (Phi) is 5.16. The van der Waals surface area contributed by atoms with E-state index in [1.807, 2.05) is 0 Å². The molecule has 1 saturated heterocycles. The van der Waals surface area contributed by atoms with Crippen molar-refractivity contribution in [1.82, 2.24) is 9.55 Å². The lowest BCUT2D eigenvalue weighted by atomic mass is 10.2. The number of rotatable bonds is 5. The second-order valence-electron chi connectivity index (χ2n) is 5.67. The molecule has 0 spiro atoms. The molecule has 134 valence electrons. The van der Waals surface area contributed by atoms with Crippen LogP contribution in [0.4, 0.5) is 11.5 Å². The van der Waals surface area contributed by atoms with Gasteiger partial charge in [-0.25, -0.2) is 9.59 Å². The molecule has 1 fully saturated rings. The molecular formula is C16H16N6O4. The van der Waals surface area contributed by atoms with E-state index in [2.05, 4.69) is 15.0 Å². The average Bonchev–Trinajstić information content (AvgIpc) is 3.09. The number of benzene rings is 1. The van der Waals surface area contributed by atoms with Crippen LogP contribution in [0.1, 0.15) is 29.4 Å². The predicted octanol–water partition coefficient (Wildman–Crippen LogP) is 2.30. The molecule has 10 nitrogen and oxygen atoms in total. The zero-order valence-electron chi connectivity index (χ0n) is 13.7. The van der Waals surface area contributed by atoms with Crippen LogP contribution in [-0.4, -0.2) is 28.2 Å². The molecule has 2 aromatic rings. The topological polar surface area (TPSA) is 145 Å². The van der Waals surface area contributed by atoms with Gasteiger partial charge in [-0.05, 0) is 36.6 Å². The summed E-state index contributed by atoms with van der Waals surface area (Å²) in [6, 6.07) is 7.72. The number of carbonyl (C=O) groups excluding carboxylic acids is 1. The van der Waals surface area contributed by atoms with E-state index in [9.17, 15) is 9.59 Å². The first-order valence-electron chi connectivity index (χ1n) is 7.89. The van der Waals surface area contributed by atoms with Crippen LogP contribution >= 0.6 is 0 Å². The maximum absolute atomic E-state index is 12.1. The SMILES string of the molecule is [N-]=[N+]=Nc1cccc(C(=O)OC[C@@H]2CC[C@H](n3ccc(N)nc3=O)O2)c1. The van der Waals surface area contributed by atoms with Gasteiger partial charge in [-0.2, -0.15) is 4.98 Å². The lowest BCUT2D eigenvalue weighted by Crippen LogP contribution is -2.28. The minimum absolute atomic E-state index is 0.0538. The van der Waals surface area contributed by atoms with Crippen molar-refractivity contribution in [2.24, 2.45) is 5.11 Å².